The third kappa shape index (κ3) is 3.35. The van der Waals surface area contributed by atoms with Crippen molar-refractivity contribution < 1.29 is 13.2 Å². The van der Waals surface area contributed by atoms with E-state index in [9.17, 15) is 13.2 Å². The summed E-state index contributed by atoms with van der Waals surface area (Å²) in [5.74, 6) is -2.62. The molecule has 0 spiro atoms. The predicted octanol–water partition coefficient (Wildman–Crippen LogP) is 4.58. The van der Waals surface area contributed by atoms with Gasteiger partial charge < -0.3 is 5.32 Å². The summed E-state index contributed by atoms with van der Waals surface area (Å²) in [6, 6.07) is 2.16. The summed E-state index contributed by atoms with van der Waals surface area (Å²) in [6.07, 6.45) is 4.43. The van der Waals surface area contributed by atoms with Gasteiger partial charge in [-0.1, -0.05) is 26.7 Å². The highest BCUT2D eigenvalue weighted by atomic mass is 19.2. The number of benzene rings is 1. The van der Waals surface area contributed by atoms with Crippen LogP contribution in [0.3, 0.4) is 0 Å². The van der Waals surface area contributed by atoms with E-state index in [0.29, 0.717) is 17.4 Å². The average Bonchev–Trinajstić information content (AvgIpc) is 2.41. The second-order valence-electron chi connectivity index (χ2n) is 5.87. The zero-order chi connectivity index (χ0) is 14.7. The molecule has 0 bridgehead atoms. The van der Waals surface area contributed by atoms with Gasteiger partial charge in [0.2, 0.25) is 0 Å². The molecule has 1 aliphatic rings. The Morgan fingerprint density at radius 2 is 1.85 bits per heavy atom. The second kappa shape index (κ2) is 6.61. The van der Waals surface area contributed by atoms with E-state index in [0.717, 1.165) is 37.9 Å². The van der Waals surface area contributed by atoms with Crippen molar-refractivity contribution in [2.24, 2.45) is 11.8 Å². The Labute approximate surface area is 118 Å². The van der Waals surface area contributed by atoms with Gasteiger partial charge in [0, 0.05) is 6.04 Å². The van der Waals surface area contributed by atoms with Crippen molar-refractivity contribution in [3.63, 3.8) is 0 Å². The Hall–Kier alpha value is -1.03. The van der Waals surface area contributed by atoms with Gasteiger partial charge in [0.05, 0.1) is 0 Å². The summed E-state index contributed by atoms with van der Waals surface area (Å²) in [7, 11) is 0. The highest BCUT2D eigenvalue weighted by Gasteiger charge is 2.28. The lowest BCUT2D eigenvalue weighted by Crippen LogP contribution is -2.31. The molecule has 4 heteroatoms. The number of nitrogens with one attached hydrogen (secondary N) is 1. The first-order valence-electron chi connectivity index (χ1n) is 7.40. The Balaban J connectivity index is 2.28. The first kappa shape index (κ1) is 15.4. The van der Waals surface area contributed by atoms with Crippen molar-refractivity contribution in [1.29, 1.82) is 0 Å². The lowest BCUT2D eigenvalue weighted by Gasteiger charge is -2.34. The van der Waals surface area contributed by atoms with Gasteiger partial charge in [-0.15, -0.1) is 0 Å². The van der Waals surface area contributed by atoms with E-state index in [1.54, 1.807) is 0 Å². The topological polar surface area (TPSA) is 12.0 Å². The lowest BCUT2D eigenvalue weighted by atomic mass is 9.76. The van der Waals surface area contributed by atoms with Gasteiger partial charge in [0.25, 0.3) is 0 Å². The van der Waals surface area contributed by atoms with Crippen LogP contribution in [0.15, 0.2) is 12.1 Å². The smallest absolute Gasteiger partial charge is 0.194 e. The fraction of sp³-hybridized carbons (Fsp3) is 0.625. The molecular weight excluding hydrogens is 263 g/mol. The molecule has 0 heterocycles. The number of hydrogen-bond donors (Lipinski definition) is 1. The molecule has 112 valence electrons. The third-order valence-corrected chi connectivity index (χ3v) is 4.24. The SMILES string of the molecule is CCNC(c1cc(F)c(F)c(F)c1)C1CCCC(C)C1. The fourth-order valence-electron chi connectivity index (χ4n) is 3.32. The molecule has 1 aliphatic carbocycles. The van der Waals surface area contributed by atoms with E-state index in [2.05, 4.69) is 12.2 Å². The Kier molecular flexibility index (Phi) is 5.08. The summed E-state index contributed by atoms with van der Waals surface area (Å²) in [5.41, 5.74) is 0.516. The summed E-state index contributed by atoms with van der Waals surface area (Å²) in [6.45, 7) is 4.90. The molecule has 1 saturated carbocycles. The van der Waals surface area contributed by atoms with Gasteiger partial charge in [0.15, 0.2) is 17.5 Å². The normalized spacial score (nSPS) is 24.6. The quantitative estimate of drug-likeness (QED) is 0.798. The molecule has 0 saturated heterocycles. The standard InChI is InChI=1S/C16H22F3N/c1-3-20-16(11-6-4-5-10(2)7-11)12-8-13(17)15(19)14(18)9-12/h8-11,16,20H,3-7H2,1-2H3. The van der Waals surface area contributed by atoms with Crippen LogP contribution in [-0.2, 0) is 0 Å². The zero-order valence-electron chi connectivity index (χ0n) is 12.1. The Morgan fingerprint density at radius 1 is 1.20 bits per heavy atom. The van der Waals surface area contributed by atoms with Gasteiger partial charge in [-0.3, -0.25) is 0 Å². The maximum Gasteiger partial charge on any atom is 0.194 e. The minimum absolute atomic E-state index is 0.104. The highest BCUT2D eigenvalue weighted by Crippen LogP contribution is 2.37. The molecule has 2 rings (SSSR count). The van der Waals surface area contributed by atoms with E-state index in [1.807, 2.05) is 6.92 Å². The van der Waals surface area contributed by atoms with E-state index in [-0.39, 0.29) is 6.04 Å². The molecule has 1 aromatic carbocycles. The highest BCUT2D eigenvalue weighted by molar-refractivity contribution is 5.23. The first-order valence-corrected chi connectivity index (χ1v) is 7.40. The van der Waals surface area contributed by atoms with Crippen LogP contribution in [-0.4, -0.2) is 6.54 Å². The maximum atomic E-state index is 13.4. The van der Waals surface area contributed by atoms with Crippen LogP contribution in [0.1, 0.15) is 51.1 Å². The van der Waals surface area contributed by atoms with Crippen LogP contribution in [0.2, 0.25) is 0 Å². The van der Waals surface area contributed by atoms with Crippen molar-refractivity contribution in [2.75, 3.05) is 6.54 Å². The van der Waals surface area contributed by atoms with E-state index in [4.69, 9.17) is 0 Å². The summed E-state index contributed by atoms with van der Waals surface area (Å²) < 4.78 is 40.0. The van der Waals surface area contributed by atoms with Crippen LogP contribution in [0.4, 0.5) is 13.2 Å². The van der Waals surface area contributed by atoms with Crippen LogP contribution >= 0.6 is 0 Å². The average molecular weight is 285 g/mol. The van der Waals surface area contributed by atoms with Crippen molar-refractivity contribution in [1.82, 2.24) is 5.32 Å². The summed E-state index contributed by atoms with van der Waals surface area (Å²) in [5, 5.41) is 3.31. The summed E-state index contributed by atoms with van der Waals surface area (Å²) >= 11 is 0. The van der Waals surface area contributed by atoms with Crippen LogP contribution in [0.25, 0.3) is 0 Å². The number of rotatable bonds is 4. The molecule has 3 unspecified atom stereocenters. The second-order valence-corrected chi connectivity index (χ2v) is 5.87. The first-order chi connectivity index (χ1) is 9.52. The van der Waals surface area contributed by atoms with Gasteiger partial charge in [-0.25, -0.2) is 13.2 Å². The third-order valence-electron chi connectivity index (χ3n) is 4.24. The Morgan fingerprint density at radius 3 is 2.40 bits per heavy atom. The molecule has 0 aromatic heterocycles. The molecule has 0 aliphatic heterocycles. The van der Waals surface area contributed by atoms with Gasteiger partial charge >= 0.3 is 0 Å². The molecule has 1 fully saturated rings. The van der Waals surface area contributed by atoms with Crippen LogP contribution in [0, 0.1) is 29.3 Å². The van der Waals surface area contributed by atoms with Crippen molar-refractivity contribution in [2.45, 2.75) is 45.6 Å². The van der Waals surface area contributed by atoms with Gasteiger partial charge in [-0.05, 0) is 48.9 Å². The van der Waals surface area contributed by atoms with Crippen molar-refractivity contribution >= 4 is 0 Å². The predicted molar refractivity (Wildman–Crippen MR) is 73.9 cm³/mol. The zero-order valence-corrected chi connectivity index (χ0v) is 12.1. The van der Waals surface area contributed by atoms with Gasteiger partial charge in [0.1, 0.15) is 0 Å². The molecule has 0 amide bonds. The van der Waals surface area contributed by atoms with Gasteiger partial charge in [-0.2, -0.15) is 0 Å². The van der Waals surface area contributed by atoms with E-state index < -0.39 is 17.5 Å². The molecule has 1 nitrogen and oxygen atoms in total. The minimum atomic E-state index is -1.39. The van der Waals surface area contributed by atoms with Crippen LogP contribution < -0.4 is 5.32 Å². The fourth-order valence-corrected chi connectivity index (χ4v) is 3.32. The molecule has 0 radical (unpaired) electrons. The Bertz CT molecular complexity index is 438. The molecule has 20 heavy (non-hydrogen) atoms. The van der Waals surface area contributed by atoms with E-state index >= 15 is 0 Å². The minimum Gasteiger partial charge on any atom is -0.310 e. The van der Waals surface area contributed by atoms with Crippen LogP contribution in [0.5, 0.6) is 0 Å². The molecule has 1 N–H and O–H groups in total. The summed E-state index contributed by atoms with van der Waals surface area (Å²) in [4.78, 5) is 0. The maximum absolute atomic E-state index is 13.4. The number of hydrogen-bond acceptors (Lipinski definition) is 1. The van der Waals surface area contributed by atoms with E-state index in [1.165, 1.54) is 6.42 Å². The lowest BCUT2D eigenvalue weighted by molar-refractivity contribution is 0.224. The number of halogens is 3. The van der Waals surface area contributed by atoms with Crippen molar-refractivity contribution in [3.05, 3.63) is 35.1 Å². The largest absolute Gasteiger partial charge is 0.310 e. The van der Waals surface area contributed by atoms with Crippen molar-refractivity contribution in [3.8, 4) is 0 Å². The molecular formula is C16H22F3N. The molecule has 1 aromatic rings. The monoisotopic (exact) mass is 285 g/mol. The molecule has 3 atom stereocenters.